The second kappa shape index (κ2) is 10.3. The molecule has 3 aromatic carbocycles. The van der Waals surface area contributed by atoms with Gasteiger partial charge in [0.25, 0.3) is 0 Å². The van der Waals surface area contributed by atoms with E-state index in [0.717, 1.165) is 21.5 Å². The molecule has 0 fully saturated rings. The third kappa shape index (κ3) is 4.39. The zero-order valence-corrected chi connectivity index (χ0v) is 20.2. The Kier molecular flexibility index (Phi) is 6.63. The molecular weight excluding hydrogens is 472 g/mol. The van der Waals surface area contributed by atoms with E-state index in [1.54, 1.807) is 5.38 Å². The van der Waals surface area contributed by atoms with Crippen LogP contribution in [0.4, 0.5) is 5.13 Å². The van der Waals surface area contributed by atoms with E-state index in [-0.39, 0.29) is 5.71 Å². The lowest BCUT2D eigenvalue weighted by Gasteiger charge is -2.36. The molecule has 0 bridgehead atoms. The SMILES string of the molecule is CON=C(C(=O)n1nccn1)c1csc(NC(c2ccccc2)(c2ccccc2)c2ccccc2)n1. The van der Waals surface area contributed by atoms with Gasteiger partial charge in [-0.15, -0.1) is 16.1 Å². The molecular formula is C27H22N6O2S. The molecule has 2 aromatic heterocycles. The zero-order chi connectivity index (χ0) is 24.8. The molecule has 0 saturated carbocycles. The summed E-state index contributed by atoms with van der Waals surface area (Å²) in [5, 5.41) is 17.8. The number of nitrogens with zero attached hydrogens (tertiary/aromatic N) is 5. The Morgan fingerprint density at radius 1 is 0.861 bits per heavy atom. The molecule has 36 heavy (non-hydrogen) atoms. The number of nitrogens with one attached hydrogen (secondary N) is 1. The molecule has 0 aliphatic heterocycles. The standard InChI is InChI=1S/C27H22N6O2S/c1-35-32-24(25(34)33-28-17-18-29-33)23-19-36-26(30-23)31-27(20-11-5-2-6-12-20,21-13-7-3-8-14-21)22-15-9-4-10-16-22/h2-19H,1H3,(H,30,31). The Balaban J connectivity index is 1.62. The predicted molar refractivity (Wildman–Crippen MR) is 139 cm³/mol. The highest BCUT2D eigenvalue weighted by Gasteiger charge is 2.37. The number of aromatic nitrogens is 4. The van der Waals surface area contributed by atoms with E-state index in [4.69, 9.17) is 9.82 Å². The van der Waals surface area contributed by atoms with Gasteiger partial charge >= 0.3 is 5.91 Å². The normalized spacial score (nSPS) is 11.8. The summed E-state index contributed by atoms with van der Waals surface area (Å²) >= 11 is 1.37. The van der Waals surface area contributed by atoms with Crippen LogP contribution in [0.15, 0.2) is 114 Å². The minimum absolute atomic E-state index is 0.00253. The number of benzene rings is 3. The Morgan fingerprint density at radius 3 is 1.83 bits per heavy atom. The molecule has 178 valence electrons. The first-order valence-corrected chi connectivity index (χ1v) is 12.0. The molecule has 0 aliphatic rings. The first-order chi connectivity index (χ1) is 17.7. The fourth-order valence-electron chi connectivity index (χ4n) is 4.08. The molecule has 0 amide bonds. The van der Waals surface area contributed by atoms with Gasteiger partial charge in [0.15, 0.2) is 10.8 Å². The van der Waals surface area contributed by atoms with E-state index in [0.29, 0.717) is 10.8 Å². The van der Waals surface area contributed by atoms with Gasteiger partial charge in [0.1, 0.15) is 18.3 Å². The molecule has 5 rings (SSSR count). The van der Waals surface area contributed by atoms with Crippen molar-refractivity contribution in [2.24, 2.45) is 5.16 Å². The highest BCUT2D eigenvalue weighted by Crippen LogP contribution is 2.40. The Bertz CT molecular complexity index is 1360. The van der Waals surface area contributed by atoms with Gasteiger partial charge in [-0.2, -0.15) is 10.2 Å². The van der Waals surface area contributed by atoms with Crippen LogP contribution < -0.4 is 5.32 Å². The predicted octanol–water partition coefficient (Wildman–Crippen LogP) is 4.83. The fraction of sp³-hybridized carbons (Fsp3) is 0.0741. The highest BCUT2D eigenvalue weighted by molar-refractivity contribution is 7.14. The lowest BCUT2D eigenvalue weighted by molar-refractivity contribution is 0.0951. The highest BCUT2D eigenvalue weighted by atomic mass is 32.1. The second-order valence-electron chi connectivity index (χ2n) is 7.76. The summed E-state index contributed by atoms with van der Waals surface area (Å²) in [5.74, 6) is -0.542. The van der Waals surface area contributed by atoms with Crippen LogP contribution in [0.5, 0.6) is 0 Å². The molecule has 2 heterocycles. The molecule has 0 spiro atoms. The number of carbonyl (C=O) groups is 1. The third-order valence-corrected chi connectivity index (χ3v) is 6.40. The van der Waals surface area contributed by atoms with Crippen molar-refractivity contribution in [3.8, 4) is 0 Å². The van der Waals surface area contributed by atoms with Crippen LogP contribution in [-0.2, 0) is 10.4 Å². The zero-order valence-electron chi connectivity index (χ0n) is 19.4. The first-order valence-electron chi connectivity index (χ1n) is 11.1. The number of thiazole rings is 1. The Labute approximate surface area is 211 Å². The average molecular weight is 495 g/mol. The van der Waals surface area contributed by atoms with Crippen molar-refractivity contribution in [1.29, 1.82) is 0 Å². The minimum atomic E-state index is -0.745. The summed E-state index contributed by atoms with van der Waals surface area (Å²) in [6.45, 7) is 0. The van der Waals surface area contributed by atoms with Crippen LogP contribution >= 0.6 is 11.3 Å². The van der Waals surface area contributed by atoms with Gasteiger partial charge in [-0.25, -0.2) is 4.98 Å². The number of carbonyl (C=O) groups excluding carboxylic acids is 1. The monoisotopic (exact) mass is 494 g/mol. The smallest absolute Gasteiger partial charge is 0.319 e. The number of rotatable bonds is 8. The van der Waals surface area contributed by atoms with Crippen LogP contribution in [0.25, 0.3) is 0 Å². The number of oxime groups is 1. The van der Waals surface area contributed by atoms with Crippen LogP contribution in [-0.4, -0.2) is 38.7 Å². The number of anilines is 1. The van der Waals surface area contributed by atoms with Gasteiger partial charge in [0, 0.05) is 5.38 Å². The summed E-state index contributed by atoms with van der Waals surface area (Å²) in [4.78, 5) is 23.5. The van der Waals surface area contributed by atoms with E-state index in [1.807, 2.05) is 54.6 Å². The van der Waals surface area contributed by atoms with E-state index in [1.165, 1.54) is 30.8 Å². The van der Waals surface area contributed by atoms with Crippen molar-refractivity contribution >= 4 is 28.1 Å². The van der Waals surface area contributed by atoms with Gasteiger partial charge in [0.05, 0.1) is 12.4 Å². The van der Waals surface area contributed by atoms with Crippen molar-refractivity contribution in [2.75, 3.05) is 12.4 Å². The van der Waals surface area contributed by atoms with E-state index in [9.17, 15) is 4.79 Å². The molecule has 0 saturated heterocycles. The maximum Gasteiger partial charge on any atom is 0.319 e. The molecule has 0 unspecified atom stereocenters. The van der Waals surface area contributed by atoms with Crippen molar-refractivity contribution in [2.45, 2.75) is 5.54 Å². The van der Waals surface area contributed by atoms with Gasteiger partial charge in [-0.1, -0.05) is 96.2 Å². The summed E-state index contributed by atoms with van der Waals surface area (Å²) < 4.78 is 0. The van der Waals surface area contributed by atoms with Crippen LogP contribution in [0, 0.1) is 0 Å². The lowest BCUT2D eigenvalue weighted by atomic mass is 9.77. The quantitative estimate of drug-likeness (QED) is 0.189. The molecule has 0 atom stereocenters. The average Bonchev–Trinajstić information content (AvgIpc) is 3.64. The molecule has 0 aliphatic carbocycles. The van der Waals surface area contributed by atoms with Gasteiger partial charge in [-0.3, -0.25) is 4.79 Å². The van der Waals surface area contributed by atoms with Crippen LogP contribution in [0.1, 0.15) is 27.2 Å². The van der Waals surface area contributed by atoms with Crippen LogP contribution in [0.2, 0.25) is 0 Å². The maximum atomic E-state index is 12.9. The minimum Gasteiger partial charge on any atom is -0.398 e. The molecule has 9 heteroatoms. The van der Waals surface area contributed by atoms with Gasteiger partial charge in [0.2, 0.25) is 0 Å². The Morgan fingerprint density at radius 2 is 1.36 bits per heavy atom. The fourth-order valence-corrected chi connectivity index (χ4v) is 4.83. The van der Waals surface area contributed by atoms with Crippen molar-refractivity contribution < 1.29 is 9.63 Å². The second-order valence-corrected chi connectivity index (χ2v) is 8.62. The molecule has 0 radical (unpaired) electrons. The van der Waals surface area contributed by atoms with Gasteiger partial charge < -0.3 is 10.2 Å². The van der Waals surface area contributed by atoms with E-state index >= 15 is 0 Å². The number of hydrogen-bond acceptors (Lipinski definition) is 8. The summed E-state index contributed by atoms with van der Waals surface area (Å²) in [6, 6.07) is 30.6. The largest absolute Gasteiger partial charge is 0.398 e. The van der Waals surface area contributed by atoms with E-state index in [2.05, 4.69) is 57.1 Å². The third-order valence-electron chi connectivity index (χ3n) is 5.65. The van der Waals surface area contributed by atoms with Crippen molar-refractivity contribution in [1.82, 2.24) is 20.0 Å². The first kappa shape index (κ1) is 23.1. The lowest BCUT2D eigenvalue weighted by Crippen LogP contribution is -2.38. The van der Waals surface area contributed by atoms with Crippen molar-refractivity contribution in [3.05, 3.63) is 131 Å². The van der Waals surface area contributed by atoms with E-state index < -0.39 is 11.4 Å². The molecule has 8 nitrogen and oxygen atoms in total. The summed E-state index contributed by atoms with van der Waals surface area (Å²) in [7, 11) is 1.38. The molecule has 1 N–H and O–H groups in total. The Hall–Kier alpha value is -4.63. The molecule has 5 aromatic rings. The van der Waals surface area contributed by atoms with Crippen LogP contribution in [0.3, 0.4) is 0 Å². The summed E-state index contributed by atoms with van der Waals surface area (Å²) in [5.41, 5.74) is 2.74. The maximum absolute atomic E-state index is 12.9. The summed E-state index contributed by atoms with van der Waals surface area (Å²) in [6.07, 6.45) is 2.84. The van der Waals surface area contributed by atoms with Gasteiger partial charge in [-0.05, 0) is 16.7 Å². The number of hydrogen-bond donors (Lipinski definition) is 1. The topological polar surface area (TPSA) is 94.3 Å². The van der Waals surface area contributed by atoms with Crippen molar-refractivity contribution in [3.63, 3.8) is 0 Å².